The van der Waals surface area contributed by atoms with E-state index in [4.69, 9.17) is 5.26 Å². The van der Waals surface area contributed by atoms with E-state index in [1.54, 1.807) is 18.2 Å². The lowest BCUT2D eigenvalue weighted by atomic mass is 9.86. The van der Waals surface area contributed by atoms with E-state index in [0.717, 1.165) is 24.0 Å². The number of hydrogen-bond donors (Lipinski definition) is 0. The van der Waals surface area contributed by atoms with Crippen molar-refractivity contribution in [1.82, 2.24) is 4.90 Å². The molecule has 0 bridgehead atoms. The third kappa shape index (κ3) is 5.65. The van der Waals surface area contributed by atoms with Gasteiger partial charge in [-0.3, -0.25) is 4.79 Å². The Morgan fingerprint density at radius 2 is 1.74 bits per heavy atom. The average molecular weight is 364 g/mol. The molecule has 0 spiro atoms. The van der Waals surface area contributed by atoms with Crippen LogP contribution in [0.3, 0.4) is 0 Å². The molecular weight excluding hydrogens is 339 g/mol. The van der Waals surface area contributed by atoms with Gasteiger partial charge in [-0.05, 0) is 54.2 Å². The van der Waals surface area contributed by atoms with E-state index in [2.05, 4.69) is 6.07 Å². The molecule has 27 heavy (non-hydrogen) atoms. The molecule has 0 aromatic heterocycles. The summed E-state index contributed by atoms with van der Waals surface area (Å²) in [5.41, 5.74) is 2.37. The summed E-state index contributed by atoms with van der Waals surface area (Å²) < 4.78 is 13.6. The first-order chi connectivity index (χ1) is 13.1. The summed E-state index contributed by atoms with van der Waals surface area (Å²) in [4.78, 5) is 14.8. The molecule has 3 rings (SSSR count). The summed E-state index contributed by atoms with van der Waals surface area (Å²) in [5, 5.41) is 8.95. The fourth-order valence-corrected chi connectivity index (χ4v) is 3.76. The number of halogens is 1. The minimum absolute atomic E-state index is 0.121. The number of carbonyl (C=O) groups excluding carboxylic acids is 1. The zero-order valence-corrected chi connectivity index (χ0v) is 15.5. The quantitative estimate of drug-likeness (QED) is 0.707. The van der Waals surface area contributed by atoms with Crippen molar-refractivity contribution in [3.8, 4) is 6.07 Å². The van der Waals surface area contributed by atoms with E-state index in [-0.39, 0.29) is 11.7 Å². The van der Waals surface area contributed by atoms with Gasteiger partial charge in [0.2, 0.25) is 5.91 Å². The number of nitriles is 1. The van der Waals surface area contributed by atoms with Gasteiger partial charge in [-0.2, -0.15) is 5.26 Å². The number of hydrogen-bond acceptors (Lipinski definition) is 2. The standard InChI is InChI=1S/C23H25FN2O/c24-22-8-4-7-21(13-22)17-26(16-20-11-9-19(15-25)10-12-20)23(27)14-18-5-2-1-3-6-18/h4,7-13,18H,1-3,5-6,14,16-17H2. The van der Waals surface area contributed by atoms with Gasteiger partial charge in [0, 0.05) is 19.5 Å². The molecule has 1 aliphatic rings. The lowest BCUT2D eigenvalue weighted by Gasteiger charge is -2.27. The second-order valence-corrected chi connectivity index (χ2v) is 7.40. The highest BCUT2D eigenvalue weighted by Crippen LogP contribution is 2.27. The molecule has 2 aromatic rings. The summed E-state index contributed by atoms with van der Waals surface area (Å²) in [6.45, 7) is 0.858. The molecule has 0 unspecified atom stereocenters. The topological polar surface area (TPSA) is 44.1 Å². The van der Waals surface area contributed by atoms with Crippen LogP contribution in [-0.4, -0.2) is 10.8 Å². The Morgan fingerprint density at radius 1 is 1.04 bits per heavy atom. The molecule has 0 aliphatic heterocycles. The number of nitrogens with zero attached hydrogens (tertiary/aromatic N) is 2. The van der Waals surface area contributed by atoms with Crippen LogP contribution in [-0.2, 0) is 17.9 Å². The third-order valence-electron chi connectivity index (χ3n) is 5.26. The summed E-state index contributed by atoms with van der Waals surface area (Å²) in [6.07, 6.45) is 6.48. The summed E-state index contributed by atoms with van der Waals surface area (Å²) >= 11 is 0. The van der Waals surface area contributed by atoms with E-state index >= 15 is 0 Å². The first kappa shape index (κ1) is 19.1. The molecule has 0 heterocycles. The van der Waals surface area contributed by atoms with Crippen LogP contribution in [0, 0.1) is 23.1 Å². The van der Waals surface area contributed by atoms with Crippen LogP contribution < -0.4 is 0 Å². The van der Waals surface area contributed by atoms with E-state index < -0.39 is 0 Å². The Balaban J connectivity index is 1.74. The van der Waals surface area contributed by atoms with Crippen LogP contribution in [0.4, 0.5) is 4.39 Å². The van der Waals surface area contributed by atoms with Gasteiger partial charge < -0.3 is 4.90 Å². The van der Waals surface area contributed by atoms with E-state index in [0.29, 0.717) is 31.0 Å². The van der Waals surface area contributed by atoms with Crippen molar-refractivity contribution in [1.29, 1.82) is 5.26 Å². The third-order valence-corrected chi connectivity index (χ3v) is 5.26. The van der Waals surface area contributed by atoms with E-state index in [1.807, 2.05) is 23.1 Å². The molecule has 0 radical (unpaired) electrons. The Labute approximate surface area is 160 Å². The van der Waals surface area contributed by atoms with Gasteiger partial charge in [0.25, 0.3) is 0 Å². The fourth-order valence-electron chi connectivity index (χ4n) is 3.76. The molecule has 0 saturated heterocycles. The molecule has 140 valence electrons. The molecule has 1 saturated carbocycles. The van der Waals surface area contributed by atoms with Gasteiger partial charge in [0.15, 0.2) is 0 Å². The van der Waals surface area contributed by atoms with E-state index in [1.165, 1.54) is 31.4 Å². The van der Waals surface area contributed by atoms with Crippen LogP contribution in [0.2, 0.25) is 0 Å². The zero-order valence-electron chi connectivity index (χ0n) is 15.5. The molecule has 4 heteroatoms. The molecule has 2 aromatic carbocycles. The van der Waals surface area contributed by atoms with Crippen molar-refractivity contribution >= 4 is 5.91 Å². The largest absolute Gasteiger partial charge is 0.334 e. The minimum atomic E-state index is -0.287. The van der Waals surface area contributed by atoms with Crippen molar-refractivity contribution in [2.75, 3.05) is 0 Å². The second-order valence-electron chi connectivity index (χ2n) is 7.40. The number of carbonyl (C=O) groups is 1. The molecule has 1 fully saturated rings. The van der Waals surface area contributed by atoms with Crippen molar-refractivity contribution < 1.29 is 9.18 Å². The lowest BCUT2D eigenvalue weighted by Crippen LogP contribution is -2.32. The normalized spacial score (nSPS) is 14.5. The van der Waals surface area contributed by atoms with Gasteiger partial charge in [0.1, 0.15) is 5.82 Å². The predicted molar refractivity (Wildman–Crippen MR) is 103 cm³/mol. The fraction of sp³-hybridized carbons (Fsp3) is 0.391. The zero-order chi connectivity index (χ0) is 19.1. The Kier molecular flexibility index (Phi) is 6.59. The minimum Gasteiger partial charge on any atom is -0.334 e. The lowest BCUT2D eigenvalue weighted by molar-refractivity contribution is -0.133. The molecule has 0 N–H and O–H groups in total. The Morgan fingerprint density at radius 3 is 2.41 bits per heavy atom. The predicted octanol–water partition coefficient (Wildman–Crippen LogP) is 5.20. The van der Waals surface area contributed by atoms with Crippen molar-refractivity contribution in [3.05, 3.63) is 71.0 Å². The average Bonchev–Trinajstić information content (AvgIpc) is 2.69. The summed E-state index contributed by atoms with van der Waals surface area (Å²) in [6, 6.07) is 15.8. The van der Waals surface area contributed by atoms with Crippen LogP contribution in [0.25, 0.3) is 0 Å². The van der Waals surface area contributed by atoms with Gasteiger partial charge in [-0.1, -0.05) is 43.5 Å². The monoisotopic (exact) mass is 364 g/mol. The van der Waals surface area contributed by atoms with Crippen molar-refractivity contribution in [3.63, 3.8) is 0 Å². The Bertz CT molecular complexity index is 804. The highest BCUT2D eigenvalue weighted by Gasteiger charge is 2.21. The first-order valence-electron chi connectivity index (χ1n) is 9.65. The van der Waals surface area contributed by atoms with Gasteiger partial charge in [-0.15, -0.1) is 0 Å². The number of benzene rings is 2. The van der Waals surface area contributed by atoms with Gasteiger partial charge in [0.05, 0.1) is 11.6 Å². The SMILES string of the molecule is N#Cc1ccc(CN(Cc2cccc(F)c2)C(=O)CC2CCCCC2)cc1. The number of amides is 1. The Hall–Kier alpha value is -2.67. The van der Waals surface area contributed by atoms with Crippen LogP contribution in [0.5, 0.6) is 0 Å². The maximum absolute atomic E-state index is 13.6. The highest BCUT2D eigenvalue weighted by molar-refractivity contribution is 5.76. The van der Waals surface area contributed by atoms with E-state index in [9.17, 15) is 9.18 Å². The van der Waals surface area contributed by atoms with Crippen LogP contribution in [0.15, 0.2) is 48.5 Å². The van der Waals surface area contributed by atoms with Crippen LogP contribution >= 0.6 is 0 Å². The highest BCUT2D eigenvalue weighted by atomic mass is 19.1. The smallest absolute Gasteiger partial charge is 0.223 e. The second kappa shape index (κ2) is 9.32. The maximum Gasteiger partial charge on any atom is 0.223 e. The van der Waals surface area contributed by atoms with Crippen LogP contribution in [0.1, 0.15) is 55.2 Å². The van der Waals surface area contributed by atoms with Crippen molar-refractivity contribution in [2.45, 2.75) is 51.6 Å². The van der Waals surface area contributed by atoms with Gasteiger partial charge in [-0.25, -0.2) is 4.39 Å². The van der Waals surface area contributed by atoms with Crippen molar-refractivity contribution in [2.24, 2.45) is 5.92 Å². The molecule has 3 nitrogen and oxygen atoms in total. The molecule has 1 aliphatic carbocycles. The summed E-state index contributed by atoms with van der Waals surface area (Å²) in [5.74, 6) is 0.295. The molecule has 1 amide bonds. The maximum atomic E-state index is 13.6. The summed E-state index contributed by atoms with van der Waals surface area (Å²) in [7, 11) is 0. The molecule has 0 atom stereocenters. The number of rotatable bonds is 6. The first-order valence-corrected chi connectivity index (χ1v) is 9.65. The van der Waals surface area contributed by atoms with Gasteiger partial charge >= 0.3 is 0 Å². The molecular formula is C23H25FN2O.